The van der Waals surface area contributed by atoms with E-state index in [-0.39, 0.29) is 23.6 Å². The molecule has 0 aliphatic rings. The van der Waals surface area contributed by atoms with Crippen LogP contribution in [0.1, 0.15) is 22.7 Å². The van der Waals surface area contributed by atoms with Gasteiger partial charge in [0.1, 0.15) is 17.4 Å². The molecule has 3 N–H and O–H groups in total. The molecule has 1 atom stereocenters. The first-order valence-electron chi connectivity index (χ1n) is 12.9. The molecule has 8 nitrogen and oxygen atoms in total. The molecule has 0 amide bonds. The van der Waals surface area contributed by atoms with Crippen LogP contribution in [0.15, 0.2) is 88.5 Å². The highest BCUT2D eigenvalue weighted by molar-refractivity contribution is 5.98. The van der Waals surface area contributed by atoms with E-state index in [1.54, 1.807) is 7.05 Å². The number of methoxy groups -OCH3 is 1. The van der Waals surface area contributed by atoms with E-state index in [2.05, 4.69) is 5.32 Å². The lowest BCUT2D eigenvalue weighted by atomic mass is 9.94. The Morgan fingerprint density at radius 1 is 0.975 bits per heavy atom. The molecule has 40 heavy (non-hydrogen) atoms. The standard InChI is InChI=1S/C31H30FN5O3/c1-36-29-27(30(38)37(2)31(36)39)26(22-17-21(32)14-15-25(22)40-3)23(18-33)28(35-29)34-24(20-12-8-5-9-13-20)16-19-10-6-4-7-11-19/h4-15,17,24H,16,18,33H2,1-3H3,(H,34,35). The molecule has 0 fully saturated rings. The minimum Gasteiger partial charge on any atom is -0.496 e. The summed E-state index contributed by atoms with van der Waals surface area (Å²) in [6.45, 7) is -0.0148. The summed E-state index contributed by atoms with van der Waals surface area (Å²) < 4.78 is 22.5. The van der Waals surface area contributed by atoms with E-state index >= 15 is 0 Å². The zero-order chi connectivity index (χ0) is 28.4. The summed E-state index contributed by atoms with van der Waals surface area (Å²) in [6.07, 6.45) is 0.628. The van der Waals surface area contributed by atoms with Crippen LogP contribution in [-0.4, -0.2) is 21.2 Å². The molecule has 0 bridgehead atoms. The number of nitrogens with two attached hydrogens (primary N) is 1. The summed E-state index contributed by atoms with van der Waals surface area (Å²) in [5.41, 5.74) is 8.73. The SMILES string of the molecule is COc1ccc(F)cc1-c1c(CN)c(NC(Cc2ccccc2)c2ccccc2)nc2c1c(=O)n(C)c(=O)n2C. The number of ether oxygens (including phenoxy) is 1. The maximum absolute atomic E-state index is 14.6. The molecule has 0 spiro atoms. The zero-order valence-electron chi connectivity index (χ0n) is 22.5. The van der Waals surface area contributed by atoms with E-state index < -0.39 is 17.1 Å². The highest BCUT2D eigenvalue weighted by Gasteiger charge is 2.25. The van der Waals surface area contributed by atoms with Crippen molar-refractivity contribution in [3.05, 3.63) is 122 Å². The third-order valence-corrected chi connectivity index (χ3v) is 7.12. The fourth-order valence-electron chi connectivity index (χ4n) is 5.07. The monoisotopic (exact) mass is 539 g/mol. The largest absolute Gasteiger partial charge is 0.496 e. The van der Waals surface area contributed by atoms with Gasteiger partial charge in [-0.3, -0.25) is 13.9 Å². The quantitative estimate of drug-likeness (QED) is 0.305. The molecule has 9 heteroatoms. The predicted octanol–water partition coefficient (Wildman–Crippen LogP) is 4.30. The molecular weight excluding hydrogens is 509 g/mol. The van der Waals surface area contributed by atoms with Crippen molar-refractivity contribution >= 4 is 16.9 Å². The van der Waals surface area contributed by atoms with Crippen LogP contribution >= 0.6 is 0 Å². The van der Waals surface area contributed by atoms with Gasteiger partial charge in [0, 0.05) is 37.3 Å². The Morgan fingerprint density at radius 2 is 1.65 bits per heavy atom. The molecule has 2 heterocycles. The van der Waals surface area contributed by atoms with Gasteiger partial charge in [-0.1, -0.05) is 60.7 Å². The van der Waals surface area contributed by atoms with Crippen molar-refractivity contribution in [2.45, 2.75) is 19.0 Å². The van der Waals surface area contributed by atoms with Crippen LogP contribution in [0.4, 0.5) is 10.2 Å². The smallest absolute Gasteiger partial charge is 0.332 e. The second-order valence-corrected chi connectivity index (χ2v) is 9.56. The van der Waals surface area contributed by atoms with E-state index in [1.165, 1.54) is 36.9 Å². The lowest BCUT2D eigenvalue weighted by Gasteiger charge is -2.24. The highest BCUT2D eigenvalue weighted by atomic mass is 19.1. The van der Waals surface area contributed by atoms with Gasteiger partial charge in [-0.15, -0.1) is 0 Å². The van der Waals surface area contributed by atoms with Crippen LogP contribution < -0.4 is 27.0 Å². The Bertz CT molecular complexity index is 1800. The second-order valence-electron chi connectivity index (χ2n) is 9.56. The van der Waals surface area contributed by atoms with Crippen molar-refractivity contribution in [1.29, 1.82) is 0 Å². The van der Waals surface area contributed by atoms with Crippen molar-refractivity contribution in [1.82, 2.24) is 14.1 Å². The average molecular weight is 540 g/mol. The lowest BCUT2D eigenvalue weighted by molar-refractivity contribution is 0.415. The topological polar surface area (TPSA) is 104 Å². The zero-order valence-corrected chi connectivity index (χ0v) is 22.5. The molecule has 5 rings (SSSR count). The molecule has 0 saturated carbocycles. The van der Waals surface area contributed by atoms with Crippen LogP contribution in [0.2, 0.25) is 0 Å². The van der Waals surface area contributed by atoms with E-state index in [0.29, 0.717) is 34.7 Å². The molecule has 0 aliphatic carbocycles. The molecule has 0 aliphatic heterocycles. The Morgan fingerprint density at radius 3 is 2.30 bits per heavy atom. The van der Waals surface area contributed by atoms with E-state index in [1.807, 2.05) is 60.7 Å². The fraction of sp³-hybridized carbons (Fsp3) is 0.194. The molecule has 0 radical (unpaired) electrons. The summed E-state index contributed by atoms with van der Waals surface area (Å²) in [5, 5.41) is 3.70. The third-order valence-electron chi connectivity index (χ3n) is 7.12. The van der Waals surface area contributed by atoms with Crippen LogP contribution in [0.3, 0.4) is 0 Å². The number of nitrogens with zero attached hydrogens (tertiary/aromatic N) is 3. The van der Waals surface area contributed by atoms with Gasteiger partial charge in [-0.2, -0.15) is 0 Å². The van der Waals surface area contributed by atoms with Gasteiger partial charge in [0.25, 0.3) is 5.56 Å². The Labute approximate surface area is 230 Å². The first-order valence-corrected chi connectivity index (χ1v) is 12.9. The average Bonchev–Trinajstić information content (AvgIpc) is 2.98. The number of nitrogens with one attached hydrogen (secondary N) is 1. The van der Waals surface area contributed by atoms with Gasteiger partial charge in [0.05, 0.1) is 18.5 Å². The van der Waals surface area contributed by atoms with Gasteiger partial charge in [0.2, 0.25) is 0 Å². The van der Waals surface area contributed by atoms with Crippen molar-refractivity contribution in [2.24, 2.45) is 19.8 Å². The number of benzene rings is 3. The molecule has 5 aromatic rings. The normalized spacial score (nSPS) is 11.9. The lowest BCUT2D eigenvalue weighted by Crippen LogP contribution is -2.38. The summed E-state index contributed by atoms with van der Waals surface area (Å²) in [4.78, 5) is 31.3. The summed E-state index contributed by atoms with van der Waals surface area (Å²) in [7, 11) is 4.42. The third kappa shape index (κ3) is 4.87. The number of aryl methyl sites for hydroxylation is 1. The Hall–Kier alpha value is -4.76. The van der Waals surface area contributed by atoms with Crippen LogP contribution in [-0.2, 0) is 27.1 Å². The van der Waals surface area contributed by atoms with Gasteiger partial charge >= 0.3 is 5.69 Å². The summed E-state index contributed by atoms with van der Waals surface area (Å²) in [6, 6.07) is 23.8. The molecule has 1 unspecified atom stereocenters. The van der Waals surface area contributed by atoms with Gasteiger partial charge in [-0.05, 0) is 35.7 Å². The van der Waals surface area contributed by atoms with Crippen molar-refractivity contribution in [2.75, 3.05) is 12.4 Å². The number of pyridine rings is 1. The van der Waals surface area contributed by atoms with Crippen molar-refractivity contribution in [3.8, 4) is 16.9 Å². The van der Waals surface area contributed by atoms with Crippen LogP contribution in [0.5, 0.6) is 5.75 Å². The molecule has 3 aromatic carbocycles. The van der Waals surface area contributed by atoms with E-state index in [4.69, 9.17) is 15.5 Å². The number of anilines is 1. The first kappa shape index (κ1) is 26.8. The minimum absolute atomic E-state index is 0.0148. The minimum atomic E-state index is -0.558. The van der Waals surface area contributed by atoms with Gasteiger partial charge in [0.15, 0.2) is 5.65 Å². The van der Waals surface area contributed by atoms with Crippen LogP contribution in [0.25, 0.3) is 22.2 Å². The number of rotatable bonds is 8. The summed E-state index contributed by atoms with van der Waals surface area (Å²) >= 11 is 0. The first-order chi connectivity index (χ1) is 19.3. The van der Waals surface area contributed by atoms with Gasteiger partial charge in [-0.25, -0.2) is 14.2 Å². The summed E-state index contributed by atoms with van der Waals surface area (Å²) in [5.74, 6) is 0.241. The second kappa shape index (κ2) is 11.2. The molecule has 2 aromatic heterocycles. The molecule has 0 saturated heterocycles. The Balaban J connectivity index is 1.83. The highest BCUT2D eigenvalue weighted by Crippen LogP contribution is 2.39. The number of hydrogen-bond donors (Lipinski definition) is 2. The van der Waals surface area contributed by atoms with Gasteiger partial charge < -0.3 is 15.8 Å². The number of halogens is 1. The Kier molecular flexibility index (Phi) is 7.48. The molecule has 204 valence electrons. The molecular formula is C31H30FN5O3. The van der Waals surface area contributed by atoms with Crippen LogP contribution in [0, 0.1) is 5.82 Å². The number of fused-ring (bicyclic) bond motifs is 1. The fourth-order valence-corrected chi connectivity index (χ4v) is 5.07. The van der Waals surface area contributed by atoms with E-state index in [9.17, 15) is 14.0 Å². The predicted molar refractivity (Wildman–Crippen MR) is 155 cm³/mol. The van der Waals surface area contributed by atoms with E-state index in [0.717, 1.165) is 15.7 Å². The van der Waals surface area contributed by atoms with Crippen molar-refractivity contribution in [3.63, 3.8) is 0 Å². The maximum Gasteiger partial charge on any atom is 0.332 e. The van der Waals surface area contributed by atoms with Crippen molar-refractivity contribution < 1.29 is 9.13 Å². The number of aromatic nitrogens is 3. The number of hydrogen-bond acceptors (Lipinski definition) is 6. The maximum atomic E-state index is 14.6.